The minimum atomic E-state index is -0.506. The summed E-state index contributed by atoms with van der Waals surface area (Å²) in [6.45, 7) is 3.76. The summed E-state index contributed by atoms with van der Waals surface area (Å²) >= 11 is 1.41. The predicted octanol–water partition coefficient (Wildman–Crippen LogP) is 4.80. The van der Waals surface area contributed by atoms with Gasteiger partial charge in [-0.3, -0.25) is 4.79 Å². The van der Waals surface area contributed by atoms with E-state index < -0.39 is 6.04 Å². The number of halogens is 1. The largest absolute Gasteiger partial charge is 0.339 e. The topological polar surface area (TPSA) is 80.9 Å². The van der Waals surface area contributed by atoms with Gasteiger partial charge in [-0.05, 0) is 38.1 Å². The zero-order valence-corrected chi connectivity index (χ0v) is 16.5. The van der Waals surface area contributed by atoms with Crippen LogP contribution in [0, 0.1) is 12.7 Å². The van der Waals surface area contributed by atoms with E-state index in [-0.39, 0.29) is 17.6 Å². The van der Waals surface area contributed by atoms with E-state index in [2.05, 4.69) is 20.4 Å². The molecule has 2 aromatic carbocycles. The number of hydrogen-bond donors (Lipinski definition) is 1. The highest BCUT2D eigenvalue weighted by Crippen LogP contribution is 2.24. The molecule has 0 saturated carbocycles. The van der Waals surface area contributed by atoms with Gasteiger partial charge in [0.2, 0.25) is 11.7 Å². The normalized spacial score (nSPS) is 12.0. The van der Waals surface area contributed by atoms with Crippen LogP contribution in [0.25, 0.3) is 22.0 Å². The molecule has 0 aliphatic rings. The van der Waals surface area contributed by atoms with Crippen LogP contribution in [0.4, 0.5) is 4.39 Å². The van der Waals surface area contributed by atoms with Crippen molar-refractivity contribution in [2.45, 2.75) is 19.9 Å². The molecule has 0 aliphatic carbocycles. The van der Waals surface area contributed by atoms with Crippen LogP contribution >= 0.6 is 11.3 Å². The van der Waals surface area contributed by atoms with Crippen LogP contribution in [0.5, 0.6) is 0 Å². The van der Waals surface area contributed by atoms with Crippen molar-refractivity contribution < 1.29 is 13.7 Å². The van der Waals surface area contributed by atoms with Crippen LogP contribution in [-0.2, 0) is 0 Å². The van der Waals surface area contributed by atoms with Crippen LogP contribution in [0.15, 0.2) is 58.4 Å². The first-order valence-electron chi connectivity index (χ1n) is 8.92. The lowest BCUT2D eigenvalue weighted by molar-refractivity contribution is 0.0928. The number of aromatic nitrogens is 3. The monoisotopic (exact) mass is 408 g/mol. The lowest BCUT2D eigenvalue weighted by Gasteiger charge is -2.07. The van der Waals surface area contributed by atoms with Crippen molar-refractivity contribution in [3.8, 4) is 22.0 Å². The van der Waals surface area contributed by atoms with E-state index >= 15 is 0 Å². The molecule has 146 valence electrons. The number of rotatable bonds is 5. The minimum absolute atomic E-state index is 0.256. The molecule has 1 N–H and O–H groups in total. The second-order valence-electron chi connectivity index (χ2n) is 6.56. The molecule has 29 heavy (non-hydrogen) atoms. The molecule has 4 rings (SSSR count). The number of amides is 1. The number of aryl methyl sites for hydroxylation is 1. The Morgan fingerprint density at radius 2 is 1.76 bits per heavy atom. The summed E-state index contributed by atoms with van der Waals surface area (Å²) < 4.78 is 18.3. The Balaban J connectivity index is 1.45. The van der Waals surface area contributed by atoms with Crippen LogP contribution in [-0.4, -0.2) is 21.0 Å². The van der Waals surface area contributed by atoms with Crippen molar-refractivity contribution in [1.82, 2.24) is 20.4 Å². The number of thiazole rings is 1. The number of hydrogen-bond acceptors (Lipinski definition) is 6. The number of benzene rings is 2. The van der Waals surface area contributed by atoms with Gasteiger partial charge in [0.1, 0.15) is 22.6 Å². The highest BCUT2D eigenvalue weighted by Gasteiger charge is 2.20. The molecule has 0 saturated heterocycles. The molecule has 4 aromatic rings. The maximum Gasteiger partial charge on any atom is 0.271 e. The number of nitrogens with one attached hydrogen (secondary N) is 1. The SMILES string of the molecule is Cc1ccc(-c2nc(C(=O)NC(C)c3nc(-c4ccc(F)cc4)no3)cs2)cc1. The Morgan fingerprint density at radius 1 is 1.07 bits per heavy atom. The summed E-state index contributed by atoms with van der Waals surface area (Å²) in [6.07, 6.45) is 0. The molecule has 1 amide bonds. The summed E-state index contributed by atoms with van der Waals surface area (Å²) in [6, 6.07) is 13.2. The van der Waals surface area contributed by atoms with Crippen molar-refractivity contribution >= 4 is 17.2 Å². The van der Waals surface area contributed by atoms with Gasteiger partial charge in [-0.25, -0.2) is 9.37 Å². The molecule has 0 fully saturated rings. The predicted molar refractivity (Wildman–Crippen MR) is 108 cm³/mol. The molecule has 2 heterocycles. The molecule has 0 bridgehead atoms. The van der Waals surface area contributed by atoms with Gasteiger partial charge in [0, 0.05) is 16.5 Å². The second-order valence-corrected chi connectivity index (χ2v) is 7.42. The molecule has 0 spiro atoms. The Bertz CT molecular complexity index is 1140. The molecule has 8 heteroatoms. The average molecular weight is 408 g/mol. The fourth-order valence-electron chi connectivity index (χ4n) is 2.67. The first-order valence-corrected chi connectivity index (χ1v) is 9.80. The zero-order valence-electron chi connectivity index (χ0n) is 15.7. The average Bonchev–Trinajstić information content (AvgIpc) is 3.39. The van der Waals surface area contributed by atoms with Gasteiger partial charge >= 0.3 is 0 Å². The zero-order chi connectivity index (χ0) is 20.4. The van der Waals surface area contributed by atoms with E-state index in [0.717, 1.165) is 16.1 Å². The molecule has 2 aromatic heterocycles. The minimum Gasteiger partial charge on any atom is -0.339 e. The molecule has 0 aliphatic heterocycles. The molecular weight excluding hydrogens is 391 g/mol. The Kier molecular flexibility index (Phi) is 5.18. The molecule has 6 nitrogen and oxygen atoms in total. The smallest absolute Gasteiger partial charge is 0.271 e. The third-order valence-corrected chi connectivity index (χ3v) is 5.19. The third kappa shape index (κ3) is 4.22. The van der Waals surface area contributed by atoms with Crippen LogP contribution in [0.1, 0.15) is 34.9 Å². The van der Waals surface area contributed by atoms with Gasteiger partial charge in [-0.1, -0.05) is 35.0 Å². The van der Waals surface area contributed by atoms with Gasteiger partial charge in [0.05, 0.1) is 0 Å². The fraction of sp³-hybridized carbons (Fsp3) is 0.143. The molecule has 1 atom stereocenters. The van der Waals surface area contributed by atoms with E-state index in [0.29, 0.717) is 17.1 Å². The van der Waals surface area contributed by atoms with Gasteiger partial charge < -0.3 is 9.84 Å². The molecule has 0 radical (unpaired) electrons. The summed E-state index contributed by atoms with van der Waals surface area (Å²) in [5.41, 5.74) is 3.09. The highest BCUT2D eigenvalue weighted by atomic mass is 32.1. The van der Waals surface area contributed by atoms with Gasteiger partial charge in [-0.2, -0.15) is 4.98 Å². The summed E-state index contributed by atoms with van der Waals surface area (Å²) in [5.74, 6) is -0.0805. The Morgan fingerprint density at radius 3 is 2.48 bits per heavy atom. The number of carbonyl (C=O) groups excluding carboxylic acids is 1. The van der Waals surface area contributed by atoms with E-state index in [1.54, 1.807) is 24.4 Å². The van der Waals surface area contributed by atoms with Crippen molar-refractivity contribution in [1.29, 1.82) is 0 Å². The quantitative estimate of drug-likeness (QED) is 0.513. The molecule has 1 unspecified atom stereocenters. The third-order valence-electron chi connectivity index (χ3n) is 4.30. The Labute approximate surface area is 170 Å². The summed E-state index contributed by atoms with van der Waals surface area (Å²) in [7, 11) is 0. The lowest BCUT2D eigenvalue weighted by Crippen LogP contribution is -2.27. The standard InChI is InChI=1S/C21H17FN4O2S/c1-12-3-5-15(6-4-12)21-24-17(11-29-21)19(27)23-13(2)20-25-18(26-28-20)14-7-9-16(22)10-8-14/h3-11,13H,1-2H3,(H,23,27). The van der Waals surface area contributed by atoms with Crippen molar-refractivity contribution in [2.24, 2.45) is 0 Å². The van der Waals surface area contributed by atoms with E-state index in [1.807, 2.05) is 31.2 Å². The van der Waals surface area contributed by atoms with Crippen LogP contribution in [0.3, 0.4) is 0 Å². The summed E-state index contributed by atoms with van der Waals surface area (Å²) in [4.78, 5) is 21.3. The fourth-order valence-corrected chi connectivity index (χ4v) is 3.47. The van der Waals surface area contributed by atoms with Gasteiger partial charge in [-0.15, -0.1) is 11.3 Å². The van der Waals surface area contributed by atoms with Crippen molar-refractivity contribution in [3.05, 3.63) is 76.9 Å². The van der Waals surface area contributed by atoms with Crippen LogP contribution in [0.2, 0.25) is 0 Å². The number of carbonyl (C=O) groups is 1. The maximum atomic E-state index is 13.1. The van der Waals surface area contributed by atoms with Crippen molar-refractivity contribution in [2.75, 3.05) is 0 Å². The van der Waals surface area contributed by atoms with E-state index in [9.17, 15) is 9.18 Å². The second kappa shape index (κ2) is 7.92. The number of nitrogens with zero attached hydrogens (tertiary/aromatic N) is 3. The lowest BCUT2D eigenvalue weighted by atomic mass is 10.2. The van der Waals surface area contributed by atoms with Crippen molar-refractivity contribution in [3.63, 3.8) is 0 Å². The maximum absolute atomic E-state index is 13.1. The van der Waals surface area contributed by atoms with E-state index in [1.165, 1.54) is 23.5 Å². The summed E-state index contributed by atoms with van der Waals surface area (Å²) in [5, 5.41) is 9.20. The first-order chi connectivity index (χ1) is 14.0. The first kappa shape index (κ1) is 18.9. The Hall–Kier alpha value is -3.39. The van der Waals surface area contributed by atoms with Gasteiger partial charge in [0.15, 0.2) is 0 Å². The van der Waals surface area contributed by atoms with E-state index in [4.69, 9.17) is 4.52 Å². The highest BCUT2D eigenvalue weighted by molar-refractivity contribution is 7.13. The molecular formula is C21H17FN4O2S. The van der Waals surface area contributed by atoms with Crippen LogP contribution < -0.4 is 5.32 Å². The van der Waals surface area contributed by atoms with Gasteiger partial charge in [0.25, 0.3) is 5.91 Å².